The normalized spacial score (nSPS) is 28.6. The van der Waals surface area contributed by atoms with Crippen molar-refractivity contribution in [3.8, 4) is 0 Å². The Bertz CT molecular complexity index is 411. The van der Waals surface area contributed by atoms with E-state index in [-0.39, 0.29) is 5.60 Å². The molecular weight excluding hydrogens is 190 g/mol. The summed E-state index contributed by atoms with van der Waals surface area (Å²) in [5, 5.41) is 3.36. The molecule has 3 rings (SSSR count). The Balaban J connectivity index is 2.19. The van der Waals surface area contributed by atoms with E-state index in [0.717, 1.165) is 25.1 Å². The molecule has 1 atom stereocenters. The van der Waals surface area contributed by atoms with Crippen LogP contribution < -0.4 is 11.1 Å². The number of aromatic nitrogens is 1. The van der Waals surface area contributed by atoms with Crippen LogP contribution in [-0.2, 0) is 16.9 Å². The maximum atomic E-state index is 5.95. The molecule has 1 spiro atoms. The van der Waals surface area contributed by atoms with Gasteiger partial charge in [-0.2, -0.15) is 0 Å². The summed E-state index contributed by atoms with van der Waals surface area (Å²) in [5.74, 6) is 0.630. The van der Waals surface area contributed by atoms with Gasteiger partial charge in [-0.15, -0.1) is 0 Å². The summed E-state index contributed by atoms with van der Waals surface area (Å²) in [6, 6.07) is 0. The van der Waals surface area contributed by atoms with Crippen molar-refractivity contribution in [1.82, 2.24) is 10.3 Å². The zero-order chi connectivity index (χ0) is 10.5. The molecule has 1 fully saturated rings. The molecule has 2 aliphatic heterocycles. The minimum absolute atomic E-state index is 0.128. The predicted molar refractivity (Wildman–Crippen MR) is 57.3 cm³/mol. The van der Waals surface area contributed by atoms with E-state index >= 15 is 0 Å². The Kier molecular flexibility index (Phi) is 1.78. The van der Waals surface area contributed by atoms with E-state index in [0.29, 0.717) is 12.4 Å². The Morgan fingerprint density at radius 2 is 2.47 bits per heavy atom. The number of anilines is 1. The number of nitrogens with two attached hydrogens (primary N) is 1. The minimum atomic E-state index is -0.128. The highest BCUT2D eigenvalue weighted by molar-refractivity contribution is 5.51. The van der Waals surface area contributed by atoms with E-state index in [1.54, 1.807) is 0 Å². The van der Waals surface area contributed by atoms with Gasteiger partial charge in [0.2, 0.25) is 0 Å². The van der Waals surface area contributed by atoms with Crippen LogP contribution in [0.1, 0.15) is 23.1 Å². The van der Waals surface area contributed by atoms with Crippen LogP contribution in [0.5, 0.6) is 0 Å². The van der Waals surface area contributed by atoms with Gasteiger partial charge in [0.05, 0.1) is 6.61 Å². The quantitative estimate of drug-likeness (QED) is 0.654. The molecular formula is C11H15N3O. The van der Waals surface area contributed by atoms with Crippen LogP contribution in [0.25, 0.3) is 0 Å². The maximum absolute atomic E-state index is 5.95. The lowest BCUT2D eigenvalue weighted by atomic mass is 9.89. The molecule has 3 heterocycles. The van der Waals surface area contributed by atoms with Crippen molar-refractivity contribution < 1.29 is 4.74 Å². The Morgan fingerprint density at radius 3 is 3.20 bits per heavy atom. The van der Waals surface area contributed by atoms with E-state index in [1.807, 2.05) is 13.1 Å². The zero-order valence-corrected chi connectivity index (χ0v) is 8.84. The number of hydrogen-bond acceptors (Lipinski definition) is 4. The molecule has 1 saturated heterocycles. The van der Waals surface area contributed by atoms with Gasteiger partial charge >= 0.3 is 0 Å². The largest absolute Gasteiger partial charge is 0.383 e. The van der Waals surface area contributed by atoms with Crippen molar-refractivity contribution in [3.63, 3.8) is 0 Å². The van der Waals surface area contributed by atoms with Gasteiger partial charge in [-0.05, 0) is 31.0 Å². The number of rotatable bonds is 0. The molecule has 4 heteroatoms. The van der Waals surface area contributed by atoms with Gasteiger partial charge in [0.15, 0.2) is 0 Å². The molecule has 0 bridgehead atoms. The molecule has 1 aromatic heterocycles. The van der Waals surface area contributed by atoms with Crippen LogP contribution in [0.2, 0.25) is 0 Å². The summed E-state index contributed by atoms with van der Waals surface area (Å²) in [4.78, 5) is 4.18. The number of fused-ring (bicyclic) bond motifs is 2. The lowest BCUT2D eigenvalue weighted by Crippen LogP contribution is -2.29. The molecule has 0 aromatic carbocycles. The standard InChI is InChI=1S/C11H15N3O/c1-7-9-8(4-14-10(7)12)5-15-11(9)2-3-13-6-11/h4,13H,2-3,5-6H2,1H3,(H2,12,14). The van der Waals surface area contributed by atoms with Crippen molar-refractivity contribution in [1.29, 1.82) is 0 Å². The molecule has 0 aliphatic carbocycles. The second-order valence-electron chi connectivity index (χ2n) is 4.38. The number of pyridine rings is 1. The van der Waals surface area contributed by atoms with Gasteiger partial charge < -0.3 is 15.8 Å². The SMILES string of the molecule is Cc1c(N)ncc2c1C1(CCNC1)OC2. The Morgan fingerprint density at radius 1 is 1.60 bits per heavy atom. The van der Waals surface area contributed by atoms with Crippen molar-refractivity contribution in [2.75, 3.05) is 18.8 Å². The molecule has 1 aromatic rings. The molecule has 80 valence electrons. The first-order valence-electron chi connectivity index (χ1n) is 5.32. The lowest BCUT2D eigenvalue weighted by Gasteiger charge is -2.24. The maximum Gasteiger partial charge on any atom is 0.126 e. The van der Waals surface area contributed by atoms with Crippen LogP contribution in [0.4, 0.5) is 5.82 Å². The fraction of sp³-hybridized carbons (Fsp3) is 0.545. The molecule has 2 aliphatic rings. The number of nitrogens with zero attached hydrogens (tertiary/aromatic N) is 1. The molecule has 15 heavy (non-hydrogen) atoms. The second-order valence-corrected chi connectivity index (χ2v) is 4.38. The summed E-state index contributed by atoms with van der Waals surface area (Å²) in [6.07, 6.45) is 2.88. The monoisotopic (exact) mass is 205 g/mol. The lowest BCUT2D eigenvalue weighted by molar-refractivity contribution is -0.0221. The van der Waals surface area contributed by atoms with E-state index in [2.05, 4.69) is 10.3 Å². The molecule has 1 unspecified atom stereocenters. The average Bonchev–Trinajstić information content (AvgIpc) is 2.83. The summed E-state index contributed by atoms with van der Waals surface area (Å²) >= 11 is 0. The summed E-state index contributed by atoms with van der Waals surface area (Å²) in [6.45, 7) is 4.62. The van der Waals surface area contributed by atoms with Crippen LogP contribution in [0.15, 0.2) is 6.20 Å². The van der Waals surface area contributed by atoms with Gasteiger partial charge in [-0.1, -0.05) is 0 Å². The van der Waals surface area contributed by atoms with Crippen molar-refractivity contribution in [2.45, 2.75) is 25.6 Å². The molecule has 3 N–H and O–H groups in total. The van der Waals surface area contributed by atoms with Crippen LogP contribution >= 0.6 is 0 Å². The molecule has 4 nitrogen and oxygen atoms in total. The first kappa shape index (κ1) is 9.12. The minimum Gasteiger partial charge on any atom is -0.383 e. The van der Waals surface area contributed by atoms with Gasteiger partial charge in [0.1, 0.15) is 11.4 Å². The van der Waals surface area contributed by atoms with Crippen molar-refractivity contribution in [3.05, 3.63) is 22.9 Å². The number of nitrogens with one attached hydrogen (secondary N) is 1. The van der Waals surface area contributed by atoms with E-state index < -0.39 is 0 Å². The average molecular weight is 205 g/mol. The second kappa shape index (κ2) is 2.93. The first-order valence-corrected chi connectivity index (χ1v) is 5.32. The van der Waals surface area contributed by atoms with Gasteiger partial charge in [0.25, 0.3) is 0 Å². The number of nitrogen functional groups attached to an aromatic ring is 1. The first-order chi connectivity index (χ1) is 7.23. The zero-order valence-electron chi connectivity index (χ0n) is 8.84. The molecule has 0 saturated carbocycles. The topological polar surface area (TPSA) is 60.2 Å². The third-order valence-corrected chi connectivity index (χ3v) is 3.52. The third kappa shape index (κ3) is 1.12. The Labute approximate surface area is 88.8 Å². The number of hydrogen-bond donors (Lipinski definition) is 2. The van der Waals surface area contributed by atoms with Crippen molar-refractivity contribution in [2.24, 2.45) is 0 Å². The van der Waals surface area contributed by atoms with Crippen LogP contribution in [-0.4, -0.2) is 18.1 Å². The fourth-order valence-corrected chi connectivity index (χ4v) is 2.72. The predicted octanol–water partition coefficient (Wildman–Crippen LogP) is 0.691. The van der Waals surface area contributed by atoms with E-state index in [4.69, 9.17) is 10.5 Å². The van der Waals surface area contributed by atoms with Gasteiger partial charge in [-0.3, -0.25) is 0 Å². The van der Waals surface area contributed by atoms with Crippen LogP contribution in [0.3, 0.4) is 0 Å². The Hall–Kier alpha value is -1.13. The molecule has 0 radical (unpaired) electrons. The smallest absolute Gasteiger partial charge is 0.126 e. The highest BCUT2D eigenvalue weighted by atomic mass is 16.5. The number of ether oxygens (including phenoxy) is 1. The van der Waals surface area contributed by atoms with E-state index in [9.17, 15) is 0 Å². The fourth-order valence-electron chi connectivity index (χ4n) is 2.72. The van der Waals surface area contributed by atoms with Gasteiger partial charge in [0, 0.05) is 18.3 Å². The summed E-state index contributed by atoms with van der Waals surface area (Å²) in [7, 11) is 0. The third-order valence-electron chi connectivity index (χ3n) is 3.52. The molecule has 0 amide bonds. The summed E-state index contributed by atoms with van der Waals surface area (Å²) in [5.41, 5.74) is 9.30. The van der Waals surface area contributed by atoms with Gasteiger partial charge in [-0.25, -0.2) is 4.98 Å². The summed E-state index contributed by atoms with van der Waals surface area (Å²) < 4.78 is 5.95. The van der Waals surface area contributed by atoms with E-state index in [1.165, 1.54) is 11.1 Å². The van der Waals surface area contributed by atoms with Crippen LogP contribution in [0, 0.1) is 6.92 Å². The van der Waals surface area contributed by atoms with Crippen molar-refractivity contribution >= 4 is 5.82 Å². The highest BCUT2D eigenvalue weighted by Crippen LogP contribution is 2.43. The highest BCUT2D eigenvalue weighted by Gasteiger charge is 2.44.